The van der Waals surface area contributed by atoms with E-state index in [1.165, 1.54) is 32.1 Å². The molecule has 0 aliphatic heterocycles. The summed E-state index contributed by atoms with van der Waals surface area (Å²) in [6.07, 6.45) is 11.0. The van der Waals surface area contributed by atoms with Crippen molar-refractivity contribution in [3.63, 3.8) is 0 Å². The Morgan fingerprint density at radius 2 is 2.28 bits per heavy atom. The zero-order chi connectivity index (χ0) is 17.8. The number of fused-ring (bicyclic) bond motifs is 1. The van der Waals surface area contributed by atoms with Crippen LogP contribution in [0.15, 0.2) is 18.6 Å². The number of anilines is 1. The first-order chi connectivity index (χ1) is 12.2. The number of rotatable bonds is 7. The smallest absolute Gasteiger partial charge is 0.264 e. The lowest BCUT2D eigenvalue weighted by Gasteiger charge is -2.23. The number of nitriles is 1. The highest BCUT2D eigenvalue weighted by Crippen LogP contribution is 2.42. The van der Waals surface area contributed by atoms with Crippen LogP contribution < -0.4 is 5.32 Å². The van der Waals surface area contributed by atoms with Crippen LogP contribution in [-0.4, -0.2) is 28.3 Å². The van der Waals surface area contributed by atoms with Crippen LogP contribution in [0.1, 0.15) is 45.1 Å². The molecule has 0 spiro atoms. The first-order valence-electron chi connectivity index (χ1n) is 9.56. The molecule has 1 fully saturated rings. The quantitative estimate of drug-likeness (QED) is 0.760. The van der Waals surface area contributed by atoms with Gasteiger partial charge >= 0.3 is 0 Å². The summed E-state index contributed by atoms with van der Waals surface area (Å²) in [7, 11) is 1.90. The maximum atomic E-state index is 9.03. The van der Waals surface area contributed by atoms with E-state index in [0.717, 1.165) is 35.0 Å². The minimum absolute atomic E-state index is 0.177. The summed E-state index contributed by atoms with van der Waals surface area (Å²) in [6, 6.07) is 2.66. The van der Waals surface area contributed by atoms with Crippen LogP contribution >= 0.6 is 0 Å². The van der Waals surface area contributed by atoms with E-state index in [4.69, 9.17) is 5.26 Å². The highest BCUT2D eigenvalue weighted by atomic mass is 15.1. The van der Waals surface area contributed by atoms with Gasteiger partial charge in [0.05, 0.1) is 5.39 Å². The molecule has 0 bridgehead atoms. The second kappa shape index (κ2) is 7.90. The lowest BCUT2D eigenvalue weighted by Crippen LogP contribution is -2.15. The van der Waals surface area contributed by atoms with Gasteiger partial charge in [-0.05, 0) is 37.2 Å². The van der Waals surface area contributed by atoms with Crippen LogP contribution in [-0.2, 0) is 0 Å². The van der Waals surface area contributed by atoms with Gasteiger partial charge in [-0.1, -0.05) is 32.9 Å². The van der Waals surface area contributed by atoms with Crippen LogP contribution in [0.25, 0.3) is 11.0 Å². The Balaban J connectivity index is 1.71. The second-order valence-electron chi connectivity index (χ2n) is 7.44. The normalized spacial score (nSPS) is 21.2. The Morgan fingerprint density at radius 1 is 1.44 bits per heavy atom. The monoisotopic (exact) mass is 337 g/mol. The maximum absolute atomic E-state index is 9.03. The molecule has 1 saturated carbocycles. The predicted molar refractivity (Wildman–Crippen MR) is 104 cm³/mol. The number of aromatic nitrogens is 3. The molecule has 132 valence electrons. The van der Waals surface area contributed by atoms with E-state index in [0.29, 0.717) is 6.04 Å². The van der Waals surface area contributed by atoms with Crippen molar-refractivity contribution in [3.05, 3.63) is 18.6 Å². The van der Waals surface area contributed by atoms with Crippen LogP contribution in [0.3, 0.4) is 0 Å². The van der Waals surface area contributed by atoms with E-state index in [1.54, 1.807) is 6.33 Å². The van der Waals surface area contributed by atoms with Crippen molar-refractivity contribution in [2.75, 3.05) is 12.4 Å². The zero-order valence-corrected chi connectivity index (χ0v) is 15.6. The van der Waals surface area contributed by atoms with Gasteiger partial charge in [-0.3, -0.25) is 0 Å². The van der Waals surface area contributed by atoms with E-state index in [2.05, 4.69) is 45.0 Å². The lowest BCUT2D eigenvalue weighted by atomic mass is 9.50. The molecule has 1 aliphatic carbocycles. The molecule has 5 nitrogen and oxygen atoms in total. The molecule has 3 atom stereocenters. The van der Waals surface area contributed by atoms with Crippen molar-refractivity contribution in [2.45, 2.75) is 58.2 Å². The highest BCUT2D eigenvalue weighted by molar-refractivity contribution is 6.65. The van der Waals surface area contributed by atoms with Crippen molar-refractivity contribution in [1.29, 1.82) is 5.26 Å². The van der Waals surface area contributed by atoms with Gasteiger partial charge in [0.25, 0.3) is 6.71 Å². The van der Waals surface area contributed by atoms with Gasteiger partial charge in [0.15, 0.2) is 0 Å². The highest BCUT2D eigenvalue weighted by Gasteiger charge is 2.31. The van der Waals surface area contributed by atoms with Gasteiger partial charge in [0, 0.05) is 25.3 Å². The first-order valence-corrected chi connectivity index (χ1v) is 9.56. The zero-order valence-electron chi connectivity index (χ0n) is 15.6. The molecule has 2 aromatic heterocycles. The summed E-state index contributed by atoms with van der Waals surface area (Å²) in [5.41, 5.74) is 1.04. The van der Waals surface area contributed by atoms with Crippen molar-refractivity contribution >= 4 is 23.6 Å². The van der Waals surface area contributed by atoms with Gasteiger partial charge in [0.1, 0.15) is 17.8 Å². The first kappa shape index (κ1) is 17.8. The maximum Gasteiger partial charge on any atom is 0.264 e. The van der Waals surface area contributed by atoms with Gasteiger partial charge < -0.3 is 9.88 Å². The molecule has 2 aromatic rings. The average Bonchev–Trinajstić information content (AvgIpc) is 3.28. The molecule has 2 heterocycles. The van der Waals surface area contributed by atoms with Crippen LogP contribution in [0.5, 0.6) is 0 Å². The topological polar surface area (TPSA) is 66.5 Å². The number of hydrogen-bond donors (Lipinski definition) is 1. The van der Waals surface area contributed by atoms with Gasteiger partial charge in [-0.2, -0.15) is 0 Å². The fraction of sp³-hybridized carbons (Fsp3) is 0.632. The molecule has 3 rings (SSSR count). The Bertz CT molecular complexity index is 750. The largest absolute Gasteiger partial charge is 0.372 e. The molecule has 0 amide bonds. The Morgan fingerprint density at radius 3 is 3.00 bits per heavy atom. The van der Waals surface area contributed by atoms with Crippen LogP contribution in [0.2, 0.25) is 13.1 Å². The van der Waals surface area contributed by atoms with E-state index >= 15 is 0 Å². The van der Waals surface area contributed by atoms with E-state index in [9.17, 15) is 0 Å². The van der Waals surface area contributed by atoms with Crippen molar-refractivity contribution < 1.29 is 0 Å². The summed E-state index contributed by atoms with van der Waals surface area (Å²) in [4.78, 5) is 8.84. The van der Waals surface area contributed by atoms with Crippen LogP contribution in [0.4, 0.5) is 5.82 Å². The van der Waals surface area contributed by atoms with Gasteiger partial charge in [-0.15, -0.1) is 0 Å². The summed E-state index contributed by atoms with van der Waals surface area (Å²) in [5.74, 6) is 4.78. The summed E-state index contributed by atoms with van der Waals surface area (Å²) >= 11 is 0. The predicted octanol–water partition coefficient (Wildman–Crippen LogP) is 4.42. The Hall–Kier alpha value is -2.03. The number of nitrogens with zero attached hydrogens (tertiary/aromatic N) is 4. The third kappa shape index (κ3) is 3.66. The Kier molecular flexibility index (Phi) is 5.62. The van der Waals surface area contributed by atoms with E-state index in [1.807, 2.05) is 13.9 Å². The third-order valence-electron chi connectivity index (χ3n) is 5.97. The number of hydrogen-bond acceptors (Lipinski definition) is 4. The lowest BCUT2D eigenvalue weighted by molar-refractivity contribution is 0.309. The van der Waals surface area contributed by atoms with Gasteiger partial charge in [-0.25, -0.2) is 15.2 Å². The molecular weight excluding hydrogens is 309 g/mol. The fourth-order valence-electron chi connectivity index (χ4n) is 4.44. The van der Waals surface area contributed by atoms with Gasteiger partial charge in [0.2, 0.25) is 0 Å². The molecule has 0 aromatic carbocycles. The van der Waals surface area contributed by atoms with Crippen molar-refractivity contribution in [1.82, 2.24) is 14.5 Å². The van der Waals surface area contributed by atoms with Crippen LogP contribution in [0, 0.1) is 23.1 Å². The molecule has 0 radical (unpaired) electrons. The minimum Gasteiger partial charge on any atom is -0.372 e. The summed E-state index contributed by atoms with van der Waals surface area (Å²) in [6.45, 7) is 4.51. The van der Waals surface area contributed by atoms with E-state index in [-0.39, 0.29) is 6.71 Å². The summed E-state index contributed by atoms with van der Waals surface area (Å²) in [5, 5.41) is 13.3. The second-order valence-corrected chi connectivity index (χ2v) is 7.44. The average molecular weight is 337 g/mol. The SMILES string of the molecule is CCC(CCB(C)C#N)C1CCC(n2ccc3c(NC)ncnc32)C1. The molecular formula is C19H28BN5. The molecule has 3 unspecified atom stereocenters. The van der Waals surface area contributed by atoms with Crippen molar-refractivity contribution in [3.8, 4) is 5.97 Å². The standard InChI is InChI=1S/C19H28BN5/c1-4-14(7-9-20(2)12-21)15-5-6-16(11-15)25-10-8-17-18(22-3)23-13-24-19(17)25/h8,10,13-16H,4-7,9,11H2,1-3H3,(H,22,23,24). The molecule has 25 heavy (non-hydrogen) atoms. The molecule has 1 aliphatic rings. The minimum atomic E-state index is 0.177. The summed E-state index contributed by atoms with van der Waals surface area (Å²) < 4.78 is 2.35. The molecule has 0 saturated heterocycles. The van der Waals surface area contributed by atoms with Crippen molar-refractivity contribution in [2.24, 2.45) is 11.8 Å². The number of nitrogens with one attached hydrogen (secondary N) is 1. The fourth-order valence-corrected chi connectivity index (χ4v) is 4.44. The molecule has 6 heteroatoms. The molecule has 1 N–H and O–H groups in total. The van der Waals surface area contributed by atoms with E-state index < -0.39 is 0 Å². The third-order valence-corrected chi connectivity index (χ3v) is 5.97. The Labute approximate surface area is 150 Å².